The summed E-state index contributed by atoms with van der Waals surface area (Å²) in [7, 11) is 1.65. The Morgan fingerprint density at radius 1 is 1.28 bits per heavy atom. The standard InChI is InChI=1S/C15H23NO2/c1-10-8-16(9-11(10)2)13-6-5-7-14(18-4)15(13)12(3)17/h5-7,10-12,17H,8-9H2,1-4H3/t10?,11?,12-/m1/s1. The fourth-order valence-corrected chi connectivity index (χ4v) is 2.73. The van der Waals surface area contributed by atoms with Crippen LogP contribution >= 0.6 is 0 Å². The molecule has 1 heterocycles. The van der Waals surface area contributed by atoms with Crippen molar-refractivity contribution in [1.29, 1.82) is 0 Å². The highest BCUT2D eigenvalue weighted by Gasteiger charge is 2.29. The van der Waals surface area contributed by atoms with E-state index in [0.717, 1.165) is 30.1 Å². The number of hydrogen-bond donors (Lipinski definition) is 1. The van der Waals surface area contributed by atoms with Crippen LogP contribution in [0, 0.1) is 11.8 Å². The molecule has 2 unspecified atom stereocenters. The highest BCUT2D eigenvalue weighted by atomic mass is 16.5. The molecule has 1 saturated heterocycles. The van der Waals surface area contributed by atoms with Gasteiger partial charge >= 0.3 is 0 Å². The van der Waals surface area contributed by atoms with Crippen LogP contribution in [0.1, 0.15) is 32.4 Å². The molecule has 0 aromatic heterocycles. The number of benzene rings is 1. The predicted molar refractivity (Wildman–Crippen MR) is 74.2 cm³/mol. The van der Waals surface area contributed by atoms with Crippen LogP contribution in [-0.2, 0) is 0 Å². The van der Waals surface area contributed by atoms with Crippen molar-refractivity contribution in [3.63, 3.8) is 0 Å². The molecule has 1 fully saturated rings. The molecule has 0 saturated carbocycles. The number of hydrogen-bond acceptors (Lipinski definition) is 3. The third-order valence-corrected chi connectivity index (χ3v) is 4.01. The minimum absolute atomic E-state index is 0.512. The Labute approximate surface area is 109 Å². The van der Waals surface area contributed by atoms with Gasteiger partial charge in [-0.25, -0.2) is 0 Å². The maximum Gasteiger partial charge on any atom is 0.126 e. The highest BCUT2D eigenvalue weighted by molar-refractivity contribution is 5.61. The molecule has 1 aliphatic heterocycles. The zero-order chi connectivity index (χ0) is 13.3. The molecule has 1 aromatic carbocycles. The van der Waals surface area contributed by atoms with Crippen molar-refractivity contribution in [3.8, 4) is 5.75 Å². The largest absolute Gasteiger partial charge is 0.496 e. The third kappa shape index (κ3) is 2.32. The SMILES string of the molecule is COc1cccc(N2CC(C)C(C)C2)c1[C@@H](C)O. The van der Waals surface area contributed by atoms with Crippen molar-refractivity contribution in [3.05, 3.63) is 23.8 Å². The van der Waals surface area contributed by atoms with E-state index in [-0.39, 0.29) is 0 Å². The zero-order valence-electron chi connectivity index (χ0n) is 11.7. The van der Waals surface area contributed by atoms with Crippen molar-refractivity contribution < 1.29 is 9.84 Å². The maximum absolute atomic E-state index is 10.0. The highest BCUT2D eigenvalue weighted by Crippen LogP contribution is 2.37. The average molecular weight is 249 g/mol. The Kier molecular flexibility index (Phi) is 3.81. The first kappa shape index (κ1) is 13.2. The van der Waals surface area contributed by atoms with Gasteiger partial charge in [-0.15, -0.1) is 0 Å². The van der Waals surface area contributed by atoms with Gasteiger partial charge in [-0.1, -0.05) is 19.9 Å². The fourth-order valence-electron chi connectivity index (χ4n) is 2.73. The number of anilines is 1. The molecule has 0 amide bonds. The monoisotopic (exact) mass is 249 g/mol. The second-order valence-electron chi connectivity index (χ2n) is 5.43. The topological polar surface area (TPSA) is 32.7 Å². The van der Waals surface area contributed by atoms with Crippen molar-refractivity contribution >= 4 is 5.69 Å². The Hall–Kier alpha value is -1.22. The average Bonchev–Trinajstić information content (AvgIpc) is 2.68. The Morgan fingerprint density at radius 3 is 2.39 bits per heavy atom. The fraction of sp³-hybridized carbons (Fsp3) is 0.600. The van der Waals surface area contributed by atoms with Crippen LogP contribution in [0.25, 0.3) is 0 Å². The Balaban J connectivity index is 2.38. The summed E-state index contributed by atoms with van der Waals surface area (Å²) < 4.78 is 5.37. The molecular formula is C15H23NO2. The first-order valence-electron chi connectivity index (χ1n) is 6.64. The van der Waals surface area contributed by atoms with E-state index < -0.39 is 6.10 Å². The first-order valence-corrected chi connectivity index (χ1v) is 6.64. The summed E-state index contributed by atoms with van der Waals surface area (Å²) in [5.41, 5.74) is 2.02. The third-order valence-electron chi connectivity index (χ3n) is 4.01. The van der Waals surface area contributed by atoms with Crippen molar-refractivity contribution in [2.24, 2.45) is 11.8 Å². The second-order valence-corrected chi connectivity index (χ2v) is 5.43. The van der Waals surface area contributed by atoms with E-state index >= 15 is 0 Å². The molecule has 0 aliphatic carbocycles. The maximum atomic E-state index is 10.0. The van der Waals surface area contributed by atoms with Crippen molar-refractivity contribution in [2.45, 2.75) is 26.9 Å². The van der Waals surface area contributed by atoms with Crippen LogP contribution in [0.5, 0.6) is 5.75 Å². The van der Waals surface area contributed by atoms with E-state index in [2.05, 4.69) is 24.8 Å². The van der Waals surface area contributed by atoms with Gasteiger partial charge in [0.05, 0.1) is 13.2 Å². The molecule has 0 radical (unpaired) electrons. The lowest BCUT2D eigenvalue weighted by Crippen LogP contribution is -2.21. The Morgan fingerprint density at radius 2 is 1.89 bits per heavy atom. The van der Waals surface area contributed by atoms with Crippen LogP contribution < -0.4 is 9.64 Å². The summed E-state index contributed by atoms with van der Waals surface area (Å²) in [6.45, 7) is 8.46. The number of nitrogens with zero attached hydrogens (tertiary/aromatic N) is 1. The molecule has 3 nitrogen and oxygen atoms in total. The van der Waals surface area contributed by atoms with E-state index in [1.54, 1.807) is 14.0 Å². The molecule has 100 valence electrons. The summed E-state index contributed by atoms with van der Waals surface area (Å²) in [6.07, 6.45) is -0.512. The van der Waals surface area contributed by atoms with E-state index in [0.29, 0.717) is 11.8 Å². The predicted octanol–water partition coefficient (Wildman–Crippen LogP) is 2.84. The van der Waals surface area contributed by atoms with Crippen LogP contribution in [0.4, 0.5) is 5.69 Å². The number of aliphatic hydroxyl groups excluding tert-OH is 1. The van der Waals surface area contributed by atoms with E-state index in [9.17, 15) is 5.11 Å². The van der Waals surface area contributed by atoms with Gasteiger partial charge in [0.25, 0.3) is 0 Å². The number of aliphatic hydroxyl groups is 1. The molecule has 1 aliphatic rings. The molecule has 2 rings (SSSR count). The quantitative estimate of drug-likeness (QED) is 0.894. The molecule has 3 atom stereocenters. The Bertz CT molecular complexity index is 407. The normalized spacial score (nSPS) is 25.3. The van der Waals surface area contributed by atoms with Crippen LogP contribution in [0.15, 0.2) is 18.2 Å². The van der Waals surface area contributed by atoms with Crippen LogP contribution in [-0.4, -0.2) is 25.3 Å². The lowest BCUT2D eigenvalue weighted by atomic mass is 10.0. The van der Waals surface area contributed by atoms with Gasteiger partial charge in [-0.2, -0.15) is 0 Å². The molecule has 18 heavy (non-hydrogen) atoms. The van der Waals surface area contributed by atoms with Crippen LogP contribution in [0.2, 0.25) is 0 Å². The molecule has 0 bridgehead atoms. The van der Waals surface area contributed by atoms with Crippen molar-refractivity contribution in [1.82, 2.24) is 0 Å². The summed E-state index contributed by atoms with van der Waals surface area (Å²) >= 11 is 0. The molecular weight excluding hydrogens is 226 g/mol. The lowest BCUT2D eigenvalue weighted by Gasteiger charge is -2.24. The molecule has 1 aromatic rings. The van der Waals surface area contributed by atoms with Gasteiger partial charge in [-0.3, -0.25) is 0 Å². The summed E-state index contributed by atoms with van der Waals surface area (Å²) in [4.78, 5) is 2.36. The summed E-state index contributed by atoms with van der Waals surface area (Å²) in [6, 6.07) is 5.98. The number of ether oxygens (including phenoxy) is 1. The lowest BCUT2D eigenvalue weighted by molar-refractivity contribution is 0.194. The van der Waals surface area contributed by atoms with E-state index in [4.69, 9.17) is 4.74 Å². The molecule has 0 spiro atoms. The minimum atomic E-state index is -0.512. The second kappa shape index (κ2) is 5.19. The van der Waals surface area contributed by atoms with Gasteiger partial charge < -0.3 is 14.7 Å². The van der Waals surface area contributed by atoms with Gasteiger partial charge in [0.15, 0.2) is 0 Å². The molecule has 3 heteroatoms. The van der Waals surface area contributed by atoms with Gasteiger partial charge in [0, 0.05) is 24.3 Å². The van der Waals surface area contributed by atoms with E-state index in [1.165, 1.54) is 0 Å². The van der Waals surface area contributed by atoms with Gasteiger partial charge in [0.2, 0.25) is 0 Å². The van der Waals surface area contributed by atoms with Gasteiger partial charge in [0.1, 0.15) is 5.75 Å². The summed E-state index contributed by atoms with van der Waals surface area (Å²) in [5, 5.41) is 10.0. The molecule has 1 N–H and O–H groups in total. The number of methoxy groups -OCH3 is 1. The first-order chi connectivity index (χ1) is 8.54. The van der Waals surface area contributed by atoms with Gasteiger partial charge in [-0.05, 0) is 30.9 Å². The van der Waals surface area contributed by atoms with Crippen LogP contribution in [0.3, 0.4) is 0 Å². The smallest absolute Gasteiger partial charge is 0.126 e. The summed E-state index contributed by atoms with van der Waals surface area (Å²) in [5.74, 6) is 2.16. The van der Waals surface area contributed by atoms with E-state index in [1.807, 2.05) is 12.1 Å². The number of rotatable bonds is 3. The zero-order valence-corrected chi connectivity index (χ0v) is 11.7. The minimum Gasteiger partial charge on any atom is -0.496 e. The van der Waals surface area contributed by atoms with Crippen molar-refractivity contribution in [2.75, 3.05) is 25.1 Å².